The van der Waals surface area contributed by atoms with Crippen LogP contribution in [0.15, 0.2) is 34.9 Å². The number of alkyl halides is 3. The molecule has 0 spiro atoms. The number of rotatable bonds is 4. The van der Waals surface area contributed by atoms with E-state index in [-0.39, 0.29) is 5.41 Å². The van der Waals surface area contributed by atoms with E-state index in [1.165, 1.54) is 12.3 Å². The lowest BCUT2D eigenvalue weighted by atomic mass is 9.97. The summed E-state index contributed by atoms with van der Waals surface area (Å²) in [7, 11) is 0. The topological polar surface area (TPSA) is 55.6 Å². The molecule has 0 atom stereocenters. The minimum absolute atomic E-state index is 0.0691. The molecule has 27 heavy (non-hydrogen) atoms. The van der Waals surface area contributed by atoms with Gasteiger partial charge in [-0.25, -0.2) is 4.68 Å². The van der Waals surface area contributed by atoms with Crippen LogP contribution in [-0.4, -0.2) is 20.0 Å². The van der Waals surface area contributed by atoms with Crippen LogP contribution in [0, 0.1) is 5.41 Å². The number of benzene rings is 1. The first-order valence-electron chi connectivity index (χ1n) is 8.32. The highest BCUT2D eigenvalue weighted by Crippen LogP contribution is 2.31. The first-order chi connectivity index (χ1) is 12.5. The fourth-order valence-electron chi connectivity index (χ4n) is 2.60. The predicted molar refractivity (Wildman–Crippen MR) is 101 cm³/mol. The maximum atomic E-state index is 12.6. The molecule has 0 aliphatic heterocycles. The van der Waals surface area contributed by atoms with Crippen molar-refractivity contribution in [1.29, 1.82) is 0 Å². The lowest BCUT2D eigenvalue weighted by Crippen LogP contribution is -2.16. The molecular formula is C18H19BrF3N5. The normalized spacial score (nSPS) is 12.6. The Kier molecular flexibility index (Phi) is 5.16. The summed E-state index contributed by atoms with van der Waals surface area (Å²) < 4.78 is 40.4. The molecule has 0 aliphatic carbocycles. The van der Waals surface area contributed by atoms with Gasteiger partial charge in [0.15, 0.2) is 0 Å². The van der Waals surface area contributed by atoms with Crippen LogP contribution in [-0.2, 0) is 19.3 Å². The molecule has 0 radical (unpaired) electrons. The number of aromatic nitrogens is 4. The van der Waals surface area contributed by atoms with E-state index >= 15 is 0 Å². The first-order valence-corrected chi connectivity index (χ1v) is 9.11. The smallest absolute Gasteiger partial charge is 0.380 e. The van der Waals surface area contributed by atoms with Gasteiger partial charge in [-0.2, -0.15) is 13.2 Å². The number of nitrogens with one attached hydrogen (secondary N) is 1. The third kappa shape index (κ3) is 4.58. The summed E-state index contributed by atoms with van der Waals surface area (Å²) in [5.74, 6) is 0. The average Bonchev–Trinajstić information content (AvgIpc) is 2.96. The molecular weight excluding hydrogens is 423 g/mol. The number of fused-ring (bicyclic) bond motifs is 1. The molecule has 0 aliphatic rings. The number of nitrogens with zero attached hydrogens (tertiary/aromatic N) is 4. The second kappa shape index (κ2) is 7.10. The van der Waals surface area contributed by atoms with Gasteiger partial charge < -0.3 is 5.32 Å². The Morgan fingerprint density at radius 3 is 2.44 bits per heavy atom. The van der Waals surface area contributed by atoms with Gasteiger partial charge in [0.05, 0.1) is 15.7 Å². The number of hydrogen-bond acceptors (Lipinski definition) is 4. The van der Waals surface area contributed by atoms with Gasteiger partial charge in [-0.1, -0.05) is 32.1 Å². The summed E-state index contributed by atoms with van der Waals surface area (Å²) >= 11 is 3.54. The van der Waals surface area contributed by atoms with Crippen molar-refractivity contribution in [3.63, 3.8) is 0 Å². The van der Waals surface area contributed by atoms with Gasteiger partial charge in [-0.15, -0.1) is 5.10 Å². The Hall–Kier alpha value is -2.16. The van der Waals surface area contributed by atoms with Gasteiger partial charge in [0, 0.05) is 19.3 Å². The Labute approximate surface area is 163 Å². The zero-order valence-corrected chi connectivity index (χ0v) is 16.7. The van der Waals surface area contributed by atoms with Crippen LogP contribution in [0.3, 0.4) is 0 Å². The quantitative estimate of drug-likeness (QED) is 0.599. The summed E-state index contributed by atoms with van der Waals surface area (Å²) in [5.41, 5.74) is 2.24. The van der Waals surface area contributed by atoms with Crippen LogP contribution in [0.25, 0.3) is 11.0 Å². The van der Waals surface area contributed by atoms with Crippen LogP contribution in [0.1, 0.15) is 32.0 Å². The maximum absolute atomic E-state index is 12.6. The Balaban J connectivity index is 1.77. The van der Waals surface area contributed by atoms with Gasteiger partial charge in [0.1, 0.15) is 11.2 Å². The lowest BCUT2D eigenvalue weighted by Gasteiger charge is -2.18. The second-order valence-corrected chi connectivity index (χ2v) is 8.30. The van der Waals surface area contributed by atoms with E-state index in [9.17, 15) is 13.2 Å². The second-order valence-electron chi connectivity index (χ2n) is 7.51. The molecule has 2 aromatic heterocycles. The number of pyridine rings is 1. The van der Waals surface area contributed by atoms with Crippen molar-refractivity contribution in [2.24, 2.45) is 5.41 Å². The van der Waals surface area contributed by atoms with Crippen molar-refractivity contribution in [1.82, 2.24) is 20.0 Å². The lowest BCUT2D eigenvalue weighted by molar-refractivity contribution is -0.141. The van der Waals surface area contributed by atoms with E-state index in [0.29, 0.717) is 12.1 Å². The number of anilines is 1. The summed E-state index contributed by atoms with van der Waals surface area (Å²) in [4.78, 5) is 3.47. The largest absolute Gasteiger partial charge is 0.433 e. The maximum Gasteiger partial charge on any atom is 0.433 e. The van der Waals surface area contributed by atoms with Crippen LogP contribution in [0.5, 0.6) is 0 Å². The highest BCUT2D eigenvalue weighted by atomic mass is 79.9. The molecule has 0 amide bonds. The van der Waals surface area contributed by atoms with E-state index in [1.54, 1.807) is 0 Å². The fraction of sp³-hybridized carbons (Fsp3) is 0.389. The minimum Gasteiger partial charge on any atom is -0.380 e. The Morgan fingerprint density at radius 1 is 1.11 bits per heavy atom. The molecule has 9 heteroatoms. The van der Waals surface area contributed by atoms with Crippen LogP contribution in [0.2, 0.25) is 0 Å². The number of halogens is 4. The molecule has 3 aromatic rings. The third-order valence-electron chi connectivity index (χ3n) is 3.85. The standard InChI is InChI=1S/C18H19BrF3N5/c1-17(2,3)10-27-13-6-5-12(15(19)16(13)25-26-27)23-8-11-4-7-14(24-9-11)18(20,21)22/h4-7,9,23H,8,10H2,1-3H3. The average molecular weight is 442 g/mol. The van der Waals surface area contributed by atoms with E-state index in [2.05, 4.69) is 57.3 Å². The molecule has 2 heterocycles. The molecule has 144 valence electrons. The molecule has 1 aromatic carbocycles. The van der Waals surface area contributed by atoms with Crippen molar-refractivity contribution < 1.29 is 13.2 Å². The molecule has 0 fully saturated rings. The summed E-state index contributed by atoms with van der Waals surface area (Å²) in [6.07, 6.45) is -3.21. The molecule has 0 saturated carbocycles. The Morgan fingerprint density at radius 2 is 1.85 bits per heavy atom. The van der Waals surface area contributed by atoms with Crippen molar-refractivity contribution in [2.75, 3.05) is 5.32 Å². The van der Waals surface area contributed by atoms with Crippen LogP contribution in [0.4, 0.5) is 18.9 Å². The molecule has 5 nitrogen and oxygen atoms in total. The Bertz CT molecular complexity index is 943. The van der Waals surface area contributed by atoms with E-state index < -0.39 is 11.9 Å². The minimum atomic E-state index is -4.43. The van der Waals surface area contributed by atoms with Crippen molar-refractivity contribution >= 4 is 32.7 Å². The van der Waals surface area contributed by atoms with Crippen molar-refractivity contribution in [2.45, 2.75) is 40.0 Å². The monoisotopic (exact) mass is 441 g/mol. The molecule has 0 bridgehead atoms. The van der Waals surface area contributed by atoms with Gasteiger partial charge in [-0.05, 0) is 45.1 Å². The van der Waals surface area contributed by atoms with Crippen molar-refractivity contribution in [3.8, 4) is 0 Å². The molecule has 0 saturated heterocycles. The van der Waals surface area contributed by atoms with Gasteiger partial charge in [0.2, 0.25) is 0 Å². The highest BCUT2D eigenvalue weighted by Gasteiger charge is 2.32. The van der Waals surface area contributed by atoms with E-state index in [0.717, 1.165) is 33.8 Å². The van der Waals surface area contributed by atoms with Crippen LogP contribution < -0.4 is 5.32 Å². The summed E-state index contributed by atoms with van der Waals surface area (Å²) in [6, 6.07) is 6.22. The van der Waals surface area contributed by atoms with E-state index in [1.807, 2.05) is 16.8 Å². The van der Waals surface area contributed by atoms with Gasteiger partial charge >= 0.3 is 6.18 Å². The van der Waals surface area contributed by atoms with E-state index in [4.69, 9.17) is 0 Å². The number of hydrogen-bond donors (Lipinski definition) is 1. The first kappa shape index (κ1) is 19.6. The molecule has 3 rings (SSSR count). The fourth-order valence-corrected chi connectivity index (χ4v) is 3.16. The van der Waals surface area contributed by atoms with Crippen LogP contribution >= 0.6 is 15.9 Å². The van der Waals surface area contributed by atoms with Crippen molar-refractivity contribution in [3.05, 3.63) is 46.2 Å². The molecule has 0 unspecified atom stereocenters. The SMILES string of the molecule is CC(C)(C)Cn1nnc2c(Br)c(NCc3ccc(C(F)(F)F)nc3)ccc21. The predicted octanol–water partition coefficient (Wildman–Crippen LogP) is 5.27. The summed E-state index contributed by atoms with van der Waals surface area (Å²) in [5, 5.41) is 11.7. The third-order valence-corrected chi connectivity index (χ3v) is 4.65. The zero-order valence-electron chi connectivity index (χ0n) is 15.1. The van der Waals surface area contributed by atoms with Gasteiger partial charge in [-0.3, -0.25) is 4.98 Å². The highest BCUT2D eigenvalue weighted by molar-refractivity contribution is 9.10. The summed E-state index contributed by atoms with van der Waals surface area (Å²) in [6.45, 7) is 7.46. The molecule has 1 N–H and O–H groups in total. The van der Waals surface area contributed by atoms with Gasteiger partial charge in [0.25, 0.3) is 0 Å². The zero-order chi connectivity index (χ0) is 19.8.